The quantitative estimate of drug-likeness (QED) is 0.347. The first-order valence-electron chi connectivity index (χ1n) is 13.6. The van der Waals surface area contributed by atoms with Gasteiger partial charge in [-0.3, -0.25) is 9.59 Å². The van der Waals surface area contributed by atoms with Crippen molar-refractivity contribution in [2.45, 2.75) is 96.0 Å². The van der Waals surface area contributed by atoms with Gasteiger partial charge < -0.3 is 19.5 Å². The van der Waals surface area contributed by atoms with Crippen LogP contribution in [0.2, 0.25) is 0 Å². The molecule has 3 rings (SSSR count). The lowest BCUT2D eigenvalue weighted by Crippen LogP contribution is -2.60. The van der Waals surface area contributed by atoms with Crippen LogP contribution in [-0.2, 0) is 30.3 Å². The number of hydrogen-bond donors (Lipinski definition) is 1. The minimum atomic E-state index is -2.18. The van der Waals surface area contributed by atoms with Crippen molar-refractivity contribution in [2.24, 2.45) is 17.8 Å². The number of hydrogen-bond acceptors (Lipinski definition) is 7. The molecule has 2 saturated heterocycles. The van der Waals surface area contributed by atoms with Crippen LogP contribution >= 0.6 is 11.8 Å². The lowest BCUT2D eigenvalue weighted by atomic mass is 9.86. The molecule has 1 N–H and O–H groups in total. The molecule has 0 aliphatic carbocycles. The molecule has 1 aromatic rings. The van der Waals surface area contributed by atoms with E-state index in [2.05, 4.69) is 19.1 Å². The van der Waals surface area contributed by atoms with E-state index in [0.717, 1.165) is 19.3 Å². The Hall–Kier alpha value is -1.90. The number of thioether (sulfide) groups is 1. The molecule has 1 amide bonds. The second-order valence-electron chi connectivity index (χ2n) is 10.8. The van der Waals surface area contributed by atoms with Gasteiger partial charge in [-0.15, -0.1) is 11.8 Å². The second kappa shape index (κ2) is 13.3. The number of esters is 1. The number of likely N-dealkylation sites (tertiary alicyclic amines) is 1. The Balaban J connectivity index is 1.76. The van der Waals surface area contributed by atoms with E-state index < -0.39 is 35.4 Å². The molecule has 0 bridgehead atoms. The Morgan fingerprint density at radius 1 is 1.16 bits per heavy atom. The van der Waals surface area contributed by atoms with Gasteiger partial charge in [0.05, 0.1) is 0 Å². The molecule has 1 aromatic carbocycles. The molecule has 6 atom stereocenters. The zero-order chi connectivity index (χ0) is 27.2. The van der Waals surface area contributed by atoms with Crippen LogP contribution in [0.1, 0.15) is 71.8 Å². The summed E-state index contributed by atoms with van der Waals surface area (Å²) in [6.45, 7) is 8.17. The second-order valence-corrected chi connectivity index (χ2v) is 11.8. The molecular formula is C29H43NO6S. The lowest BCUT2D eigenvalue weighted by Gasteiger charge is -2.41. The van der Waals surface area contributed by atoms with E-state index in [1.807, 2.05) is 38.3 Å². The number of piperidine rings is 1. The van der Waals surface area contributed by atoms with Crippen molar-refractivity contribution in [3.63, 3.8) is 0 Å². The van der Waals surface area contributed by atoms with Gasteiger partial charge in [0.2, 0.25) is 5.79 Å². The van der Waals surface area contributed by atoms with Gasteiger partial charge in [-0.2, -0.15) is 0 Å². The van der Waals surface area contributed by atoms with Crippen molar-refractivity contribution in [3.05, 3.63) is 35.9 Å². The summed E-state index contributed by atoms with van der Waals surface area (Å²) in [4.78, 5) is 41.6. The third-order valence-corrected chi connectivity index (χ3v) is 8.73. The van der Waals surface area contributed by atoms with Crippen LogP contribution in [-0.4, -0.2) is 63.8 Å². The number of ether oxygens (including phenoxy) is 2. The minimum Gasteiger partial charge on any atom is -0.460 e. The van der Waals surface area contributed by atoms with Gasteiger partial charge in [0, 0.05) is 12.5 Å². The summed E-state index contributed by atoms with van der Waals surface area (Å²) in [5.74, 6) is -4.81. The predicted molar refractivity (Wildman–Crippen MR) is 145 cm³/mol. The van der Waals surface area contributed by atoms with E-state index in [4.69, 9.17) is 9.47 Å². The summed E-state index contributed by atoms with van der Waals surface area (Å²) in [6, 6.07) is 9.31. The molecule has 0 radical (unpaired) electrons. The topological polar surface area (TPSA) is 93.1 Å². The molecule has 6 unspecified atom stereocenters. The maximum absolute atomic E-state index is 13.5. The fourth-order valence-corrected chi connectivity index (χ4v) is 6.12. The van der Waals surface area contributed by atoms with Gasteiger partial charge in [-0.1, -0.05) is 58.0 Å². The van der Waals surface area contributed by atoms with Crippen molar-refractivity contribution in [1.29, 1.82) is 0 Å². The number of amides is 1. The third kappa shape index (κ3) is 6.95. The van der Waals surface area contributed by atoms with Crippen molar-refractivity contribution < 1.29 is 29.0 Å². The summed E-state index contributed by atoms with van der Waals surface area (Å²) in [7, 11) is 0. The predicted octanol–water partition coefficient (Wildman–Crippen LogP) is 4.60. The highest BCUT2D eigenvalue weighted by Gasteiger charge is 2.52. The van der Waals surface area contributed by atoms with Gasteiger partial charge in [0.15, 0.2) is 0 Å². The average Bonchev–Trinajstić information content (AvgIpc) is 2.91. The summed E-state index contributed by atoms with van der Waals surface area (Å²) >= 11 is 1.40. The molecular weight excluding hydrogens is 490 g/mol. The Morgan fingerprint density at radius 3 is 2.49 bits per heavy atom. The van der Waals surface area contributed by atoms with E-state index in [9.17, 15) is 19.5 Å². The Kier molecular flexibility index (Phi) is 10.6. The summed E-state index contributed by atoms with van der Waals surface area (Å²) < 4.78 is 11.8. The van der Waals surface area contributed by atoms with Crippen LogP contribution in [0, 0.1) is 17.8 Å². The fourth-order valence-electron chi connectivity index (χ4n) is 5.50. The molecule has 0 aromatic heterocycles. The number of carbonyl (C=O) groups is 3. The van der Waals surface area contributed by atoms with E-state index in [1.165, 1.54) is 22.2 Å². The van der Waals surface area contributed by atoms with Crippen molar-refractivity contribution in [3.8, 4) is 0 Å². The van der Waals surface area contributed by atoms with Crippen LogP contribution in [0.3, 0.4) is 0 Å². The van der Waals surface area contributed by atoms with Crippen LogP contribution in [0.4, 0.5) is 0 Å². The maximum atomic E-state index is 13.5. The van der Waals surface area contributed by atoms with Gasteiger partial charge in [-0.05, 0) is 68.6 Å². The number of nitrogens with zero attached hydrogens (tertiary/aromatic N) is 1. The highest BCUT2D eigenvalue weighted by molar-refractivity contribution is 7.99. The fraction of sp³-hybridized carbons (Fsp3) is 0.690. The molecule has 2 aliphatic heterocycles. The zero-order valence-electron chi connectivity index (χ0n) is 22.9. The summed E-state index contributed by atoms with van der Waals surface area (Å²) in [6.07, 6.45) is 6.30. The van der Waals surface area contributed by atoms with Crippen LogP contribution in [0.25, 0.3) is 0 Å². The first kappa shape index (κ1) is 29.7. The lowest BCUT2D eigenvalue weighted by molar-refractivity contribution is -0.247. The monoisotopic (exact) mass is 533 g/mol. The average molecular weight is 534 g/mol. The first-order chi connectivity index (χ1) is 17.6. The molecule has 37 heavy (non-hydrogen) atoms. The normalized spacial score (nSPS) is 28.0. The van der Waals surface area contributed by atoms with Crippen LogP contribution in [0.5, 0.6) is 0 Å². The molecule has 206 valence electrons. The molecule has 0 spiro atoms. The Labute approximate surface area is 225 Å². The molecule has 2 aliphatic rings. The molecule has 2 fully saturated rings. The van der Waals surface area contributed by atoms with Crippen LogP contribution < -0.4 is 0 Å². The maximum Gasteiger partial charge on any atom is 0.329 e. The minimum absolute atomic E-state index is 0.0904. The number of aliphatic hydroxyl groups is 1. The van der Waals surface area contributed by atoms with E-state index >= 15 is 0 Å². The van der Waals surface area contributed by atoms with Gasteiger partial charge in [-0.25, -0.2) is 4.79 Å². The van der Waals surface area contributed by atoms with E-state index in [-0.39, 0.29) is 29.9 Å². The van der Waals surface area contributed by atoms with E-state index in [1.54, 1.807) is 6.92 Å². The standard InChI is InChI=1S/C29H43NO6S/c1-6-22(18-21-12-8-7-9-13-21)25(19(2)3)35-28(33)23-14-10-11-17-30(23)27(32)26(31)29(34)20(4)15-16-24(36-29)37-5/h7-9,12-13,19-20,22-25,34H,6,10-11,14-18H2,1-5H3. The number of carbonyl (C=O) groups excluding carboxylic acids is 3. The largest absolute Gasteiger partial charge is 0.460 e. The van der Waals surface area contributed by atoms with Crippen molar-refractivity contribution in [2.75, 3.05) is 12.8 Å². The molecule has 7 nitrogen and oxygen atoms in total. The smallest absolute Gasteiger partial charge is 0.329 e. The first-order valence-corrected chi connectivity index (χ1v) is 14.9. The Bertz CT molecular complexity index is 924. The molecule has 0 saturated carbocycles. The third-order valence-electron chi connectivity index (χ3n) is 7.87. The number of rotatable bonds is 10. The number of Topliss-reactive ketones (excluding diaryl/α,β-unsaturated/α-hetero) is 1. The van der Waals surface area contributed by atoms with Crippen LogP contribution in [0.15, 0.2) is 30.3 Å². The SMILES string of the molecule is CCC(Cc1ccccc1)C(OC(=O)C1CCCCN1C(=O)C(=O)C1(O)OC(SC)CCC1C)C(C)C. The summed E-state index contributed by atoms with van der Waals surface area (Å²) in [5.41, 5.74) is 0.831. The Morgan fingerprint density at radius 2 is 1.86 bits per heavy atom. The number of benzene rings is 1. The van der Waals surface area contributed by atoms with Gasteiger partial charge in [0.1, 0.15) is 17.6 Å². The van der Waals surface area contributed by atoms with Gasteiger partial charge in [0.25, 0.3) is 11.7 Å². The zero-order valence-corrected chi connectivity index (χ0v) is 23.7. The highest BCUT2D eigenvalue weighted by Crippen LogP contribution is 2.37. The van der Waals surface area contributed by atoms with Gasteiger partial charge >= 0.3 is 5.97 Å². The molecule has 2 heterocycles. The number of ketones is 1. The molecule has 8 heteroatoms. The van der Waals surface area contributed by atoms with E-state index in [0.29, 0.717) is 25.7 Å². The summed E-state index contributed by atoms with van der Waals surface area (Å²) in [5, 5.41) is 11.2. The van der Waals surface area contributed by atoms with Crippen molar-refractivity contribution in [1.82, 2.24) is 4.90 Å². The van der Waals surface area contributed by atoms with Crippen molar-refractivity contribution >= 4 is 29.4 Å². The highest BCUT2D eigenvalue weighted by atomic mass is 32.2.